The summed E-state index contributed by atoms with van der Waals surface area (Å²) in [6.45, 7) is 5.40. The molecule has 0 bridgehead atoms. The van der Waals surface area contributed by atoms with Crippen molar-refractivity contribution >= 4 is 12.1 Å². The van der Waals surface area contributed by atoms with E-state index in [9.17, 15) is 14.0 Å². The number of carbonyl (C=O) groups is 2. The normalized spacial score (nSPS) is 18.9. The van der Waals surface area contributed by atoms with Crippen LogP contribution in [-0.2, 0) is 9.53 Å². The molecule has 0 aromatic carbocycles. The predicted octanol–water partition coefficient (Wildman–Crippen LogP) is 1.28. The zero-order valence-electron chi connectivity index (χ0n) is 9.57. The Hall–Kier alpha value is -1.33. The van der Waals surface area contributed by atoms with Gasteiger partial charge in [0.15, 0.2) is 0 Å². The summed E-state index contributed by atoms with van der Waals surface area (Å²) >= 11 is 0. The van der Waals surface area contributed by atoms with Crippen molar-refractivity contribution < 1.29 is 23.8 Å². The van der Waals surface area contributed by atoms with Gasteiger partial charge >= 0.3 is 12.1 Å². The van der Waals surface area contributed by atoms with Crippen molar-refractivity contribution in [1.29, 1.82) is 0 Å². The molecule has 1 amide bonds. The Balaban J connectivity index is 2.36. The minimum Gasteiger partial charge on any atom is -0.479 e. The van der Waals surface area contributed by atoms with E-state index >= 15 is 0 Å². The summed E-state index contributed by atoms with van der Waals surface area (Å²) in [5.41, 5.74) is -0.593. The van der Waals surface area contributed by atoms with Crippen molar-refractivity contribution in [1.82, 2.24) is 4.90 Å². The molecule has 0 radical (unpaired) electrons. The maximum absolute atomic E-state index is 13.0. The topological polar surface area (TPSA) is 66.8 Å². The molecular formula is C10H16FNO4. The number of ether oxygens (including phenoxy) is 1. The molecular weight excluding hydrogens is 217 g/mol. The quantitative estimate of drug-likeness (QED) is 0.780. The molecule has 0 aromatic rings. The van der Waals surface area contributed by atoms with Gasteiger partial charge in [-0.15, -0.1) is 0 Å². The fraction of sp³-hybridized carbons (Fsp3) is 0.800. The average molecular weight is 233 g/mol. The van der Waals surface area contributed by atoms with Crippen molar-refractivity contribution in [2.45, 2.75) is 32.5 Å². The highest BCUT2D eigenvalue weighted by molar-refractivity contribution is 5.74. The second-order valence-electron chi connectivity index (χ2n) is 4.89. The molecule has 1 N–H and O–H groups in total. The second-order valence-corrected chi connectivity index (χ2v) is 4.89. The Morgan fingerprint density at radius 2 is 1.94 bits per heavy atom. The van der Waals surface area contributed by atoms with Crippen LogP contribution in [0.4, 0.5) is 9.18 Å². The van der Waals surface area contributed by atoms with Crippen LogP contribution in [0.25, 0.3) is 0 Å². The maximum atomic E-state index is 13.0. The second kappa shape index (κ2) is 4.27. The number of carboxylic acid groups (broad SMARTS) is 1. The summed E-state index contributed by atoms with van der Waals surface area (Å²) in [5, 5.41) is 8.42. The average Bonchev–Trinajstić information content (AvgIpc) is 1.96. The monoisotopic (exact) mass is 233 g/mol. The van der Waals surface area contributed by atoms with E-state index in [1.54, 1.807) is 20.8 Å². The van der Waals surface area contributed by atoms with Crippen LogP contribution < -0.4 is 0 Å². The van der Waals surface area contributed by atoms with Crippen LogP contribution in [0.2, 0.25) is 0 Å². The van der Waals surface area contributed by atoms with Gasteiger partial charge in [0.1, 0.15) is 5.60 Å². The third-order valence-electron chi connectivity index (χ3n) is 2.21. The minimum absolute atomic E-state index is 0.0996. The van der Waals surface area contributed by atoms with Gasteiger partial charge in [0, 0.05) is 19.0 Å². The number of hydrogen-bond acceptors (Lipinski definition) is 3. The lowest BCUT2D eigenvalue weighted by Crippen LogP contribution is -2.55. The number of nitrogens with zero attached hydrogens (tertiary/aromatic N) is 1. The molecule has 1 atom stereocenters. The van der Waals surface area contributed by atoms with E-state index in [0.29, 0.717) is 0 Å². The van der Waals surface area contributed by atoms with Gasteiger partial charge in [0.2, 0.25) is 6.17 Å². The van der Waals surface area contributed by atoms with E-state index < -0.39 is 29.8 Å². The smallest absolute Gasteiger partial charge is 0.410 e. The largest absolute Gasteiger partial charge is 0.479 e. The number of likely N-dealkylation sites (tertiary alicyclic amines) is 1. The van der Waals surface area contributed by atoms with Gasteiger partial charge in [-0.05, 0) is 20.8 Å². The molecule has 6 heteroatoms. The molecule has 0 spiro atoms. The molecule has 1 fully saturated rings. The Morgan fingerprint density at radius 1 is 1.44 bits per heavy atom. The van der Waals surface area contributed by atoms with Crippen molar-refractivity contribution in [2.75, 3.05) is 13.1 Å². The summed E-state index contributed by atoms with van der Waals surface area (Å²) < 4.78 is 18.0. The first-order chi connectivity index (χ1) is 7.20. The Kier molecular flexibility index (Phi) is 3.40. The van der Waals surface area contributed by atoms with Crippen LogP contribution in [0, 0.1) is 5.92 Å². The van der Waals surface area contributed by atoms with Crippen LogP contribution in [-0.4, -0.2) is 46.9 Å². The molecule has 92 valence electrons. The minimum atomic E-state index is -1.90. The lowest BCUT2D eigenvalue weighted by molar-refractivity contribution is -0.147. The van der Waals surface area contributed by atoms with Crippen LogP contribution in [0.1, 0.15) is 20.8 Å². The van der Waals surface area contributed by atoms with Crippen LogP contribution >= 0.6 is 0 Å². The number of hydrogen-bond donors (Lipinski definition) is 1. The molecule has 16 heavy (non-hydrogen) atoms. The first kappa shape index (κ1) is 12.7. The molecule has 0 aliphatic carbocycles. The summed E-state index contributed by atoms with van der Waals surface area (Å²) in [4.78, 5) is 23.0. The number of amides is 1. The number of rotatable bonds is 2. The van der Waals surface area contributed by atoms with E-state index in [1.165, 1.54) is 4.90 Å². The Labute approximate surface area is 93.2 Å². The molecule has 1 aliphatic rings. The summed E-state index contributed by atoms with van der Waals surface area (Å²) in [6.07, 6.45) is -2.43. The van der Waals surface area contributed by atoms with Crippen molar-refractivity contribution in [3.63, 3.8) is 0 Å². The van der Waals surface area contributed by atoms with E-state index in [-0.39, 0.29) is 13.1 Å². The third-order valence-corrected chi connectivity index (χ3v) is 2.21. The molecule has 1 aliphatic heterocycles. The van der Waals surface area contributed by atoms with Gasteiger partial charge in [0.05, 0.1) is 0 Å². The SMILES string of the molecule is CC(C)(C)OC(=O)N1CC([C@H](F)C(=O)O)C1. The van der Waals surface area contributed by atoms with Gasteiger partial charge in [-0.3, -0.25) is 0 Å². The highest BCUT2D eigenvalue weighted by atomic mass is 19.1. The maximum Gasteiger partial charge on any atom is 0.410 e. The van der Waals surface area contributed by atoms with Crippen molar-refractivity contribution in [3.8, 4) is 0 Å². The summed E-state index contributed by atoms with van der Waals surface area (Å²) in [7, 11) is 0. The third kappa shape index (κ3) is 3.08. The van der Waals surface area contributed by atoms with Gasteiger partial charge < -0.3 is 14.7 Å². The van der Waals surface area contributed by atoms with E-state index in [2.05, 4.69) is 0 Å². The highest BCUT2D eigenvalue weighted by Crippen LogP contribution is 2.23. The lowest BCUT2D eigenvalue weighted by atomic mass is 9.95. The zero-order valence-corrected chi connectivity index (χ0v) is 9.57. The van der Waals surface area contributed by atoms with Crippen molar-refractivity contribution in [2.24, 2.45) is 5.92 Å². The van der Waals surface area contributed by atoms with Crippen molar-refractivity contribution in [3.05, 3.63) is 0 Å². The molecule has 1 heterocycles. The molecule has 1 rings (SSSR count). The zero-order chi connectivity index (χ0) is 12.5. The first-order valence-electron chi connectivity index (χ1n) is 5.05. The molecule has 0 aromatic heterocycles. The fourth-order valence-electron chi connectivity index (χ4n) is 1.37. The standard InChI is InChI=1S/C10H16FNO4/c1-10(2,3)16-9(15)12-4-6(5-12)7(11)8(13)14/h6-7H,4-5H2,1-3H3,(H,13,14)/t7-/m0/s1. The Morgan fingerprint density at radius 3 is 2.31 bits per heavy atom. The Bertz CT molecular complexity index is 294. The highest BCUT2D eigenvalue weighted by Gasteiger charge is 2.41. The number of halogens is 1. The first-order valence-corrected chi connectivity index (χ1v) is 5.05. The number of carbonyl (C=O) groups excluding carboxylic acids is 1. The predicted molar refractivity (Wildman–Crippen MR) is 53.8 cm³/mol. The fourth-order valence-corrected chi connectivity index (χ4v) is 1.37. The number of aliphatic carboxylic acids is 1. The molecule has 0 unspecified atom stereocenters. The van der Waals surface area contributed by atoms with Crippen LogP contribution in [0.15, 0.2) is 0 Å². The molecule has 5 nitrogen and oxygen atoms in total. The van der Waals surface area contributed by atoms with Gasteiger partial charge in [-0.2, -0.15) is 0 Å². The van der Waals surface area contributed by atoms with E-state index in [0.717, 1.165) is 0 Å². The number of alkyl halides is 1. The van der Waals surface area contributed by atoms with Gasteiger partial charge in [-0.1, -0.05) is 0 Å². The summed E-state index contributed by atoms with van der Waals surface area (Å²) in [6, 6.07) is 0. The summed E-state index contributed by atoms with van der Waals surface area (Å²) in [5.74, 6) is -2.10. The van der Waals surface area contributed by atoms with Gasteiger partial charge in [0.25, 0.3) is 0 Å². The molecule has 1 saturated heterocycles. The van der Waals surface area contributed by atoms with E-state index in [4.69, 9.17) is 9.84 Å². The lowest BCUT2D eigenvalue weighted by Gasteiger charge is -2.40. The van der Waals surface area contributed by atoms with Crippen LogP contribution in [0.3, 0.4) is 0 Å². The van der Waals surface area contributed by atoms with Gasteiger partial charge in [-0.25, -0.2) is 14.0 Å². The number of carboxylic acids is 1. The van der Waals surface area contributed by atoms with Crippen LogP contribution in [0.5, 0.6) is 0 Å². The van der Waals surface area contributed by atoms with E-state index in [1.807, 2.05) is 0 Å². The molecule has 0 saturated carbocycles.